The average Bonchev–Trinajstić information content (AvgIpc) is 3.05. The van der Waals surface area contributed by atoms with Gasteiger partial charge >= 0.3 is 0 Å². The Labute approximate surface area is 111 Å². The van der Waals surface area contributed by atoms with Crippen LogP contribution in [0.1, 0.15) is 18.9 Å². The number of aliphatic hydroxyl groups excluding tert-OH is 1. The normalized spacial score (nSPS) is 20.8. The van der Waals surface area contributed by atoms with Crippen LogP contribution in [0.5, 0.6) is 0 Å². The summed E-state index contributed by atoms with van der Waals surface area (Å²) in [5.41, 5.74) is 1.27. The quantitative estimate of drug-likeness (QED) is 0.805. The molecule has 94 valence electrons. The summed E-state index contributed by atoms with van der Waals surface area (Å²) in [6.07, 6.45) is 0.935. The molecular formula is C14H14ClNO2. The van der Waals surface area contributed by atoms with E-state index in [2.05, 4.69) is 24.1 Å². The van der Waals surface area contributed by atoms with Gasteiger partial charge < -0.3 is 10.4 Å². The second kappa shape index (κ2) is 5.43. The Balaban J connectivity index is 2.19. The summed E-state index contributed by atoms with van der Waals surface area (Å²) in [4.78, 5) is 11.9. The molecule has 2 unspecified atom stereocenters. The molecule has 2 rings (SSSR count). The maximum atomic E-state index is 11.9. The predicted molar refractivity (Wildman–Crippen MR) is 71.3 cm³/mol. The van der Waals surface area contributed by atoms with E-state index in [0.29, 0.717) is 22.2 Å². The first-order valence-electron chi connectivity index (χ1n) is 5.82. The van der Waals surface area contributed by atoms with Crippen LogP contribution in [0.15, 0.2) is 18.2 Å². The van der Waals surface area contributed by atoms with E-state index in [4.69, 9.17) is 16.7 Å². The third-order valence-electron chi connectivity index (χ3n) is 2.99. The molecule has 0 spiro atoms. The minimum atomic E-state index is -0.213. The van der Waals surface area contributed by atoms with Crippen LogP contribution in [0, 0.1) is 23.7 Å². The van der Waals surface area contributed by atoms with Crippen LogP contribution in [0.4, 0.5) is 5.69 Å². The summed E-state index contributed by atoms with van der Waals surface area (Å²) in [7, 11) is 0. The molecule has 0 radical (unpaired) electrons. The Kier molecular flexibility index (Phi) is 3.90. The van der Waals surface area contributed by atoms with Crippen LogP contribution >= 0.6 is 11.6 Å². The highest BCUT2D eigenvalue weighted by Gasteiger charge is 2.39. The molecule has 1 aliphatic carbocycles. The lowest BCUT2D eigenvalue weighted by molar-refractivity contribution is -0.117. The minimum absolute atomic E-state index is 0.0109. The van der Waals surface area contributed by atoms with Gasteiger partial charge in [0.15, 0.2) is 0 Å². The molecule has 1 amide bonds. The highest BCUT2D eigenvalue weighted by molar-refractivity contribution is 6.31. The van der Waals surface area contributed by atoms with E-state index in [-0.39, 0.29) is 18.4 Å². The summed E-state index contributed by atoms with van der Waals surface area (Å²) in [6.45, 7) is 1.84. The monoisotopic (exact) mass is 263 g/mol. The minimum Gasteiger partial charge on any atom is -0.384 e. The van der Waals surface area contributed by atoms with E-state index >= 15 is 0 Å². The van der Waals surface area contributed by atoms with Crippen LogP contribution in [0.3, 0.4) is 0 Å². The maximum absolute atomic E-state index is 11.9. The molecule has 3 nitrogen and oxygen atoms in total. The Hall–Kier alpha value is -1.50. The number of benzene rings is 1. The molecule has 1 aromatic carbocycles. The van der Waals surface area contributed by atoms with Gasteiger partial charge in [-0.3, -0.25) is 4.79 Å². The van der Waals surface area contributed by atoms with Gasteiger partial charge in [0, 0.05) is 16.5 Å². The van der Waals surface area contributed by atoms with E-state index in [9.17, 15) is 4.79 Å². The molecule has 4 heteroatoms. The fourth-order valence-corrected chi connectivity index (χ4v) is 1.95. The zero-order valence-corrected chi connectivity index (χ0v) is 10.8. The van der Waals surface area contributed by atoms with Crippen molar-refractivity contribution >= 4 is 23.2 Å². The van der Waals surface area contributed by atoms with E-state index in [0.717, 1.165) is 6.42 Å². The highest BCUT2D eigenvalue weighted by atomic mass is 35.5. The first-order chi connectivity index (χ1) is 8.61. The second-order valence-corrected chi connectivity index (χ2v) is 4.89. The molecule has 0 heterocycles. The third-order valence-corrected chi connectivity index (χ3v) is 3.22. The largest absolute Gasteiger partial charge is 0.384 e. The van der Waals surface area contributed by atoms with Crippen molar-refractivity contribution < 1.29 is 9.90 Å². The van der Waals surface area contributed by atoms with Crippen LogP contribution in [0.2, 0.25) is 5.02 Å². The van der Waals surface area contributed by atoms with E-state index < -0.39 is 0 Å². The Morgan fingerprint density at radius 1 is 1.61 bits per heavy atom. The lowest BCUT2D eigenvalue weighted by Gasteiger charge is -2.07. The zero-order valence-electron chi connectivity index (χ0n) is 10.0. The van der Waals surface area contributed by atoms with Gasteiger partial charge in [-0.1, -0.05) is 30.4 Å². The predicted octanol–water partition coefficient (Wildman–Crippen LogP) is 2.28. The average molecular weight is 264 g/mol. The number of halogens is 1. The smallest absolute Gasteiger partial charge is 0.227 e. The van der Waals surface area contributed by atoms with Crippen molar-refractivity contribution in [2.24, 2.45) is 11.8 Å². The first-order valence-corrected chi connectivity index (χ1v) is 6.19. The Bertz CT molecular complexity index is 530. The Morgan fingerprint density at radius 3 is 2.94 bits per heavy atom. The number of nitrogens with one attached hydrogen (secondary N) is 1. The lowest BCUT2D eigenvalue weighted by Crippen LogP contribution is -2.15. The molecule has 1 aliphatic rings. The number of amides is 1. The molecule has 0 bridgehead atoms. The number of hydrogen-bond donors (Lipinski definition) is 2. The lowest BCUT2D eigenvalue weighted by atomic mass is 10.1. The molecule has 1 aromatic rings. The standard InChI is InChI=1S/C14H14ClNO2/c1-9-7-12(9)14(18)16-13-8-11(15)5-4-10(13)3-2-6-17/h4-5,8-9,12,17H,6-7H2,1H3,(H,16,18). The van der Waals surface area contributed by atoms with E-state index in [1.54, 1.807) is 18.2 Å². The molecule has 0 aliphatic heterocycles. The van der Waals surface area contributed by atoms with E-state index in [1.165, 1.54) is 0 Å². The van der Waals surface area contributed by atoms with Gasteiger partial charge in [-0.25, -0.2) is 0 Å². The fourth-order valence-electron chi connectivity index (χ4n) is 1.78. The van der Waals surface area contributed by atoms with Gasteiger partial charge in [0.2, 0.25) is 5.91 Å². The second-order valence-electron chi connectivity index (χ2n) is 4.46. The van der Waals surface area contributed by atoms with E-state index in [1.807, 2.05) is 0 Å². The third kappa shape index (κ3) is 3.04. The van der Waals surface area contributed by atoms with Crippen LogP contribution in [-0.4, -0.2) is 17.6 Å². The highest BCUT2D eigenvalue weighted by Crippen LogP contribution is 2.38. The SMILES string of the molecule is CC1CC1C(=O)Nc1cc(Cl)ccc1C#CCO. The van der Waals surface area contributed by atoms with Crippen molar-refractivity contribution in [3.63, 3.8) is 0 Å². The number of hydrogen-bond acceptors (Lipinski definition) is 2. The van der Waals surface area contributed by atoms with Crippen molar-refractivity contribution in [1.82, 2.24) is 0 Å². The summed E-state index contributed by atoms with van der Waals surface area (Å²) < 4.78 is 0. The van der Waals surface area contributed by atoms with Crippen molar-refractivity contribution in [3.05, 3.63) is 28.8 Å². The van der Waals surface area contributed by atoms with Gasteiger partial charge in [-0.15, -0.1) is 0 Å². The van der Waals surface area contributed by atoms with Crippen molar-refractivity contribution in [1.29, 1.82) is 0 Å². The molecule has 1 fully saturated rings. The molecule has 2 N–H and O–H groups in total. The van der Waals surface area contributed by atoms with Crippen LogP contribution < -0.4 is 5.32 Å². The number of anilines is 1. The molecule has 0 aromatic heterocycles. The van der Waals surface area contributed by atoms with Crippen molar-refractivity contribution in [3.8, 4) is 11.8 Å². The van der Waals surface area contributed by atoms with Gasteiger partial charge in [-0.2, -0.15) is 0 Å². The number of rotatable bonds is 2. The number of carbonyl (C=O) groups is 1. The summed E-state index contributed by atoms with van der Waals surface area (Å²) in [5, 5.41) is 12.1. The van der Waals surface area contributed by atoms with Crippen LogP contribution in [-0.2, 0) is 4.79 Å². The van der Waals surface area contributed by atoms with Gasteiger partial charge in [-0.05, 0) is 30.5 Å². The molecule has 2 atom stereocenters. The summed E-state index contributed by atoms with van der Waals surface area (Å²) in [5.74, 6) is 5.92. The number of carbonyl (C=O) groups excluding carboxylic acids is 1. The molecule has 18 heavy (non-hydrogen) atoms. The fraction of sp³-hybridized carbons (Fsp3) is 0.357. The van der Waals surface area contributed by atoms with Crippen molar-refractivity contribution in [2.75, 3.05) is 11.9 Å². The molecular weight excluding hydrogens is 250 g/mol. The summed E-state index contributed by atoms with van der Waals surface area (Å²) >= 11 is 5.91. The Morgan fingerprint density at radius 2 is 2.33 bits per heavy atom. The maximum Gasteiger partial charge on any atom is 0.227 e. The zero-order chi connectivity index (χ0) is 13.1. The summed E-state index contributed by atoms with van der Waals surface area (Å²) in [6, 6.07) is 5.11. The van der Waals surface area contributed by atoms with Crippen LogP contribution in [0.25, 0.3) is 0 Å². The van der Waals surface area contributed by atoms with Crippen molar-refractivity contribution in [2.45, 2.75) is 13.3 Å². The van der Waals surface area contributed by atoms with Gasteiger partial charge in [0.05, 0.1) is 5.69 Å². The van der Waals surface area contributed by atoms with Gasteiger partial charge in [0.25, 0.3) is 0 Å². The van der Waals surface area contributed by atoms with Gasteiger partial charge in [0.1, 0.15) is 6.61 Å². The molecule has 1 saturated carbocycles. The first kappa shape index (κ1) is 12.9. The topological polar surface area (TPSA) is 49.3 Å². The number of aliphatic hydroxyl groups is 1. The molecule has 0 saturated heterocycles.